The van der Waals surface area contributed by atoms with Crippen LogP contribution in [-0.4, -0.2) is 30.4 Å². The largest absolute Gasteiger partial charge is 0.330 e. The lowest BCUT2D eigenvalue weighted by Gasteiger charge is -2.14. The van der Waals surface area contributed by atoms with E-state index in [1.165, 1.54) is 31.5 Å². The standard InChI is InChI=1S/C15H23N3O/c16-9-3-4-15(19)17-14-7-5-13(6-8-14)12-18-10-1-2-11-18/h5-8H,1-4,9-12,16H2,(H,17,19). The molecule has 0 spiro atoms. The van der Waals surface area contributed by atoms with Crippen molar-refractivity contribution in [1.29, 1.82) is 0 Å². The monoisotopic (exact) mass is 261 g/mol. The molecule has 1 fully saturated rings. The van der Waals surface area contributed by atoms with Gasteiger partial charge in [0.15, 0.2) is 0 Å². The number of nitrogens with one attached hydrogen (secondary N) is 1. The Kier molecular flexibility index (Phi) is 5.36. The Labute approximate surface area is 115 Å². The summed E-state index contributed by atoms with van der Waals surface area (Å²) in [4.78, 5) is 14.0. The molecule has 0 saturated carbocycles. The van der Waals surface area contributed by atoms with E-state index in [1.807, 2.05) is 12.1 Å². The molecule has 0 unspecified atom stereocenters. The number of hydrogen-bond donors (Lipinski definition) is 2. The van der Waals surface area contributed by atoms with Crippen LogP contribution in [0.5, 0.6) is 0 Å². The molecule has 1 amide bonds. The maximum absolute atomic E-state index is 11.6. The Morgan fingerprint density at radius 3 is 2.53 bits per heavy atom. The zero-order valence-electron chi connectivity index (χ0n) is 11.4. The minimum atomic E-state index is 0.0396. The highest BCUT2D eigenvalue weighted by Crippen LogP contribution is 2.15. The van der Waals surface area contributed by atoms with Crippen LogP contribution in [-0.2, 0) is 11.3 Å². The number of carbonyl (C=O) groups excluding carboxylic acids is 1. The Morgan fingerprint density at radius 1 is 1.21 bits per heavy atom. The van der Waals surface area contributed by atoms with Crippen LogP contribution in [0.4, 0.5) is 5.69 Å². The smallest absolute Gasteiger partial charge is 0.224 e. The van der Waals surface area contributed by atoms with E-state index in [0.717, 1.165) is 18.7 Å². The Balaban J connectivity index is 1.82. The third-order valence-corrected chi connectivity index (χ3v) is 3.45. The second kappa shape index (κ2) is 7.26. The van der Waals surface area contributed by atoms with Crippen molar-refractivity contribution in [2.24, 2.45) is 5.73 Å². The molecule has 2 rings (SSSR count). The molecule has 4 nitrogen and oxygen atoms in total. The van der Waals surface area contributed by atoms with E-state index >= 15 is 0 Å². The molecule has 0 aliphatic carbocycles. The molecule has 1 aliphatic heterocycles. The van der Waals surface area contributed by atoms with Crippen molar-refractivity contribution >= 4 is 11.6 Å². The van der Waals surface area contributed by atoms with Crippen LogP contribution in [0, 0.1) is 0 Å². The summed E-state index contributed by atoms with van der Waals surface area (Å²) in [6.45, 7) is 3.98. The topological polar surface area (TPSA) is 58.4 Å². The van der Waals surface area contributed by atoms with Gasteiger partial charge in [-0.2, -0.15) is 0 Å². The first kappa shape index (κ1) is 14.0. The van der Waals surface area contributed by atoms with Crippen molar-refractivity contribution in [2.75, 3.05) is 25.0 Å². The maximum atomic E-state index is 11.6. The molecule has 1 heterocycles. The van der Waals surface area contributed by atoms with E-state index in [2.05, 4.69) is 22.3 Å². The molecule has 3 N–H and O–H groups in total. The number of benzene rings is 1. The highest BCUT2D eigenvalue weighted by Gasteiger charge is 2.11. The molecule has 0 radical (unpaired) electrons. The second-order valence-corrected chi connectivity index (χ2v) is 5.12. The van der Waals surface area contributed by atoms with Crippen LogP contribution in [0.3, 0.4) is 0 Å². The molecule has 4 heteroatoms. The molecule has 1 aromatic carbocycles. The Hall–Kier alpha value is -1.39. The summed E-state index contributed by atoms with van der Waals surface area (Å²) in [6, 6.07) is 8.14. The lowest BCUT2D eigenvalue weighted by molar-refractivity contribution is -0.116. The van der Waals surface area contributed by atoms with Gasteiger partial charge in [-0.15, -0.1) is 0 Å². The van der Waals surface area contributed by atoms with Gasteiger partial charge in [0.05, 0.1) is 0 Å². The second-order valence-electron chi connectivity index (χ2n) is 5.12. The first-order valence-corrected chi connectivity index (χ1v) is 7.09. The average molecular weight is 261 g/mol. The first-order valence-electron chi connectivity index (χ1n) is 7.09. The van der Waals surface area contributed by atoms with Crippen LogP contribution in [0.2, 0.25) is 0 Å². The fraction of sp³-hybridized carbons (Fsp3) is 0.533. The van der Waals surface area contributed by atoms with E-state index in [1.54, 1.807) is 0 Å². The van der Waals surface area contributed by atoms with Crippen molar-refractivity contribution in [3.05, 3.63) is 29.8 Å². The zero-order chi connectivity index (χ0) is 13.5. The molecular formula is C15H23N3O. The molecule has 0 aromatic heterocycles. The molecular weight excluding hydrogens is 238 g/mol. The van der Waals surface area contributed by atoms with Crippen LogP contribution < -0.4 is 11.1 Å². The van der Waals surface area contributed by atoms with Crippen molar-refractivity contribution in [3.63, 3.8) is 0 Å². The maximum Gasteiger partial charge on any atom is 0.224 e. The fourth-order valence-corrected chi connectivity index (χ4v) is 2.38. The predicted molar refractivity (Wildman–Crippen MR) is 77.9 cm³/mol. The summed E-state index contributed by atoms with van der Waals surface area (Å²) in [6.07, 6.45) is 3.86. The zero-order valence-corrected chi connectivity index (χ0v) is 11.4. The Bertz CT molecular complexity index is 396. The fourth-order valence-electron chi connectivity index (χ4n) is 2.38. The predicted octanol–water partition coefficient (Wildman–Crippen LogP) is 1.96. The van der Waals surface area contributed by atoms with Gasteiger partial charge < -0.3 is 11.1 Å². The number of likely N-dealkylation sites (tertiary alicyclic amines) is 1. The van der Waals surface area contributed by atoms with Crippen molar-refractivity contribution in [2.45, 2.75) is 32.2 Å². The van der Waals surface area contributed by atoms with Crippen LogP contribution in [0.15, 0.2) is 24.3 Å². The number of nitrogens with two attached hydrogens (primary N) is 1. The molecule has 0 atom stereocenters. The molecule has 1 aromatic rings. The van der Waals surface area contributed by atoms with E-state index in [-0.39, 0.29) is 5.91 Å². The van der Waals surface area contributed by atoms with Gasteiger partial charge in [-0.1, -0.05) is 12.1 Å². The van der Waals surface area contributed by atoms with Crippen LogP contribution in [0.25, 0.3) is 0 Å². The molecule has 19 heavy (non-hydrogen) atoms. The molecule has 1 aliphatic rings. The van der Waals surface area contributed by atoms with Crippen LogP contribution in [0.1, 0.15) is 31.2 Å². The lowest BCUT2D eigenvalue weighted by atomic mass is 10.2. The number of amides is 1. The summed E-state index contributed by atoms with van der Waals surface area (Å²) in [5, 5.41) is 2.89. The normalized spacial score (nSPS) is 15.6. The summed E-state index contributed by atoms with van der Waals surface area (Å²) in [7, 11) is 0. The average Bonchev–Trinajstić information content (AvgIpc) is 2.91. The highest BCUT2D eigenvalue weighted by molar-refractivity contribution is 5.90. The third kappa shape index (κ3) is 4.65. The molecule has 104 valence electrons. The van der Waals surface area contributed by atoms with Crippen LogP contribution >= 0.6 is 0 Å². The van der Waals surface area contributed by atoms with E-state index < -0.39 is 0 Å². The molecule has 0 bridgehead atoms. The number of nitrogens with zero attached hydrogens (tertiary/aromatic N) is 1. The van der Waals surface area contributed by atoms with Gasteiger partial charge in [0, 0.05) is 18.7 Å². The lowest BCUT2D eigenvalue weighted by Crippen LogP contribution is -2.18. The van der Waals surface area contributed by atoms with E-state index in [0.29, 0.717) is 13.0 Å². The molecule has 1 saturated heterocycles. The number of hydrogen-bond acceptors (Lipinski definition) is 3. The van der Waals surface area contributed by atoms with Gasteiger partial charge in [0.2, 0.25) is 5.91 Å². The summed E-state index contributed by atoms with van der Waals surface area (Å²) in [5.41, 5.74) is 7.56. The third-order valence-electron chi connectivity index (χ3n) is 3.45. The summed E-state index contributed by atoms with van der Waals surface area (Å²) >= 11 is 0. The number of rotatable bonds is 6. The van der Waals surface area contributed by atoms with E-state index in [9.17, 15) is 4.79 Å². The Morgan fingerprint density at radius 2 is 1.89 bits per heavy atom. The SMILES string of the molecule is NCCCC(=O)Nc1ccc(CN2CCCC2)cc1. The van der Waals surface area contributed by atoms with Crippen molar-refractivity contribution < 1.29 is 4.79 Å². The minimum Gasteiger partial charge on any atom is -0.330 e. The van der Waals surface area contributed by atoms with Gasteiger partial charge in [-0.25, -0.2) is 0 Å². The minimum absolute atomic E-state index is 0.0396. The van der Waals surface area contributed by atoms with Gasteiger partial charge in [0.1, 0.15) is 0 Å². The van der Waals surface area contributed by atoms with Gasteiger partial charge >= 0.3 is 0 Å². The van der Waals surface area contributed by atoms with Gasteiger partial charge in [0.25, 0.3) is 0 Å². The quantitative estimate of drug-likeness (QED) is 0.823. The summed E-state index contributed by atoms with van der Waals surface area (Å²) < 4.78 is 0. The first-order chi connectivity index (χ1) is 9.28. The van der Waals surface area contributed by atoms with Crippen molar-refractivity contribution in [3.8, 4) is 0 Å². The van der Waals surface area contributed by atoms with Gasteiger partial charge in [-0.3, -0.25) is 9.69 Å². The number of anilines is 1. The summed E-state index contributed by atoms with van der Waals surface area (Å²) in [5.74, 6) is 0.0396. The van der Waals surface area contributed by atoms with E-state index in [4.69, 9.17) is 5.73 Å². The van der Waals surface area contributed by atoms with Crippen molar-refractivity contribution in [1.82, 2.24) is 4.90 Å². The number of carbonyl (C=O) groups is 1. The van der Waals surface area contributed by atoms with Gasteiger partial charge in [-0.05, 0) is 56.6 Å². The highest BCUT2D eigenvalue weighted by atomic mass is 16.1.